The van der Waals surface area contributed by atoms with Gasteiger partial charge in [-0.25, -0.2) is 0 Å². The second-order valence-electron chi connectivity index (χ2n) is 5.06. The molecule has 0 saturated carbocycles. The quantitative estimate of drug-likeness (QED) is 0.623. The zero-order chi connectivity index (χ0) is 11.2. The van der Waals surface area contributed by atoms with Crippen molar-refractivity contribution in [3.63, 3.8) is 0 Å². The van der Waals surface area contributed by atoms with E-state index in [1.165, 1.54) is 19.3 Å². The zero-order valence-corrected chi connectivity index (χ0v) is 10.1. The van der Waals surface area contributed by atoms with Gasteiger partial charge in [-0.1, -0.05) is 33.1 Å². The van der Waals surface area contributed by atoms with Gasteiger partial charge in [-0.05, 0) is 26.2 Å². The molecular weight excluding hydrogens is 176 g/mol. The average molecular weight is 202 g/mol. The number of rotatable bonds is 7. The summed E-state index contributed by atoms with van der Waals surface area (Å²) < 4.78 is 0. The second kappa shape index (κ2) is 6.41. The van der Waals surface area contributed by atoms with Gasteiger partial charge in [0.15, 0.2) is 0 Å². The first-order chi connectivity index (χ1) is 6.37. The summed E-state index contributed by atoms with van der Waals surface area (Å²) in [7, 11) is 0. The molecule has 2 atom stereocenters. The fourth-order valence-electron chi connectivity index (χ4n) is 1.62. The molecule has 0 aliphatic carbocycles. The van der Waals surface area contributed by atoms with Gasteiger partial charge < -0.3 is 10.2 Å². The molecule has 2 nitrogen and oxygen atoms in total. The molecule has 14 heavy (non-hydrogen) atoms. The molecule has 0 saturated heterocycles. The molecule has 0 amide bonds. The van der Waals surface area contributed by atoms with Gasteiger partial charge in [0.25, 0.3) is 0 Å². The second-order valence-corrected chi connectivity index (χ2v) is 5.06. The summed E-state index contributed by atoms with van der Waals surface area (Å²) in [5.41, 5.74) is -0.752. The van der Waals surface area contributed by atoms with E-state index in [4.69, 9.17) is 0 Å². The van der Waals surface area contributed by atoms with Crippen LogP contribution in [-0.2, 0) is 0 Å². The van der Waals surface area contributed by atoms with Gasteiger partial charge in [0, 0.05) is 6.42 Å². The standard InChI is InChI=1S/C12H26O2/c1-5-6-7-8-10(2)11(13)9-12(3,4)14/h10-11,13-14H,5-9H2,1-4H3. The lowest BCUT2D eigenvalue weighted by molar-refractivity contribution is -0.00274. The lowest BCUT2D eigenvalue weighted by Crippen LogP contribution is -2.30. The highest BCUT2D eigenvalue weighted by molar-refractivity contribution is 4.74. The third-order valence-electron chi connectivity index (χ3n) is 2.63. The van der Waals surface area contributed by atoms with Crippen molar-refractivity contribution in [3.8, 4) is 0 Å². The SMILES string of the molecule is CCCCCC(C)C(O)CC(C)(C)O. The predicted octanol–water partition coefficient (Wildman–Crippen LogP) is 2.72. The van der Waals surface area contributed by atoms with E-state index in [0.717, 1.165) is 6.42 Å². The molecule has 0 aromatic heterocycles. The van der Waals surface area contributed by atoms with Crippen LogP contribution in [0.25, 0.3) is 0 Å². The van der Waals surface area contributed by atoms with E-state index in [1.54, 1.807) is 13.8 Å². The third kappa shape index (κ3) is 7.34. The van der Waals surface area contributed by atoms with Gasteiger partial charge in [0.05, 0.1) is 11.7 Å². The summed E-state index contributed by atoms with van der Waals surface area (Å²) in [6, 6.07) is 0. The summed E-state index contributed by atoms with van der Waals surface area (Å²) in [5.74, 6) is 0.299. The fraction of sp³-hybridized carbons (Fsp3) is 1.00. The first-order valence-electron chi connectivity index (χ1n) is 5.77. The first kappa shape index (κ1) is 13.9. The first-order valence-corrected chi connectivity index (χ1v) is 5.77. The number of hydrogen-bond donors (Lipinski definition) is 2. The van der Waals surface area contributed by atoms with E-state index < -0.39 is 5.60 Å². The minimum absolute atomic E-state index is 0.299. The molecule has 2 N–H and O–H groups in total. The third-order valence-corrected chi connectivity index (χ3v) is 2.63. The van der Waals surface area contributed by atoms with E-state index in [0.29, 0.717) is 12.3 Å². The van der Waals surface area contributed by atoms with Crippen LogP contribution in [0.5, 0.6) is 0 Å². The average Bonchev–Trinajstić information content (AvgIpc) is 2.01. The highest BCUT2D eigenvalue weighted by Crippen LogP contribution is 2.20. The number of aliphatic hydroxyl groups excluding tert-OH is 1. The van der Waals surface area contributed by atoms with Crippen LogP contribution < -0.4 is 0 Å². The van der Waals surface area contributed by atoms with Crippen molar-refractivity contribution in [3.05, 3.63) is 0 Å². The smallest absolute Gasteiger partial charge is 0.0616 e. The zero-order valence-electron chi connectivity index (χ0n) is 10.1. The summed E-state index contributed by atoms with van der Waals surface area (Å²) in [6.45, 7) is 7.73. The van der Waals surface area contributed by atoms with Crippen molar-refractivity contribution >= 4 is 0 Å². The summed E-state index contributed by atoms with van der Waals surface area (Å²) >= 11 is 0. The van der Waals surface area contributed by atoms with Crippen LogP contribution in [0, 0.1) is 5.92 Å². The molecule has 0 fully saturated rings. The Morgan fingerprint density at radius 3 is 2.21 bits per heavy atom. The van der Waals surface area contributed by atoms with Crippen LogP contribution in [-0.4, -0.2) is 21.9 Å². The number of aliphatic hydroxyl groups is 2. The van der Waals surface area contributed by atoms with E-state index >= 15 is 0 Å². The molecule has 0 aromatic carbocycles. The Kier molecular flexibility index (Phi) is 6.38. The van der Waals surface area contributed by atoms with Gasteiger partial charge in [0.2, 0.25) is 0 Å². The number of hydrogen-bond acceptors (Lipinski definition) is 2. The maximum Gasteiger partial charge on any atom is 0.0616 e. The Morgan fingerprint density at radius 1 is 1.21 bits per heavy atom. The van der Waals surface area contributed by atoms with E-state index in [-0.39, 0.29) is 6.10 Å². The Bertz CT molecular complexity index is 138. The van der Waals surface area contributed by atoms with Crippen LogP contribution >= 0.6 is 0 Å². The van der Waals surface area contributed by atoms with Crippen molar-refractivity contribution in [1.82, 2.24) is 0 Å². The molecule has 0 radical (unpaired) electrons. The van der Waals surface area contributed by atoms with Gasteiger partial charge in [-0.2, -0.15) is 0 Å². The molecule has 0 aliphatic heterocycles. The Morgan fingerprint density at radius 2 is 1.79 bits per heavy atom. The van der Waals surface area contributed by atoms with Crippen LogP contribution in [0.4, 0.5) is 0 Å². The van der Waals surface area contributed by atoms with Crippen LogP contribution in [0.15, 0.2) is 0 Å². The molecule has 0 aromatic rings. The van der Waals surface area contributed by atoms with E-state index in [2.05, 4.69) is 13.8 Å². The van der Waals surface area contributed by atoms with Crippen molar-refractivity contribution in [2.75, 3.05) is 0 Å². The minimum Gasteiger partial charge on any atom is -0.393 e. The lowest BCUT2D eigenvalue weighted by atomic mass is 9.90. The van der Waals surface area contributed by atoms with Crippen LogP contribution in [0.2, 0.25) is 0 Å². The van der Waals surface area contributed by atoms with Crippen molar-refractivity contribution in [2.24, 2.45) is 5.92 Å². The summed E-state index contributed by atoms with van der Waals surface area (Å²) in [6.07, 6.45) is 4.80. The molecule has 86 valence electrons. The van der Waals surface area contributed by atoms with Crippen molar-refractivity contribution in [1.29, 1.82) is 0 Å². The molecule has 2 unspecified atom stereocenters. The molecule has 0 heterocycles. The van der Waals surface area contributed by atoms with Gasteiger partial charge in [0.1, 0.15) is 0 Å². The predicted molar refractivity (Wildman–Crippen MR) is 60.2 cm³/mol. The minimum atomic E-state index is -0.752. The summed E-state index contributed by atoms with van der Waals surface area (Å²) in [5, 5.41) is 19.3. The molecule has 0 bridgehead atoms. The Labute approximate surface area is 88.3 Å². The van der Waals surface area contributed by atoms with Gasteiger partial charge in [-0.3, -0.25) is 0 Å². The highest BCUT2D eigenvalue weighted by Gasteiger charge is 2.22. The van der Waals surface area contributed by atoms with Crippen molar-refractivity contribution in [2.45, 2.75) is 71.5 Å². The lowest BCUT2D eigenvalue weighted by Gasteiger charge is -2.25. The summed E-state index contributed by atoms with van der Waals surface area (Å²) in [4.78, 5) is 0. The molecule has 0 aliphatic rings. The molecular formula is C12H26O2. The van der Waals surface area contributed by atoms with Crippen molar-refractivity contribution < 1.29 is 10.2 Å². The van der Waals surface area contributed by atoms with E-state index in [9.17, 15) is 10.2 Å². The fourth-order valence-corrected chi connectivity index (χ4v) is 1.62. The van der Waals surface area contributed by atoms with Gasteiger partial charge in [-0.15, -0.1) is 0 Å². The Hall–Kier alpha value is -0.0800. The molecule has 2 heteroatoms. The topological polar surface area (TPSA) is 40.5 Å². The Balaban J connectivity index is 3.70. The monoisotopic (exact) mass is 202 g/mol. The normalized spacial score (nSPS) is 16.7. The van der Waals surface area contributed by atoms with Crippen LogP contribution in [0.1, 0.15) is 59.8 Å². The number of unbranched alkanes of at least 4 members (excludes halogenated alkanes) is 2. The maximum atomic E-state index is 9.79. The van der Waals surface area contributed by atoms with Crippen LogP contribution in [0.3, 0.4) is 0 Å². The van der Waals surface area contributed by atoms with E-state index in [1.807, 2.05) is 0 Å². The largest absolute Gasteiger partial charge is 0.393 e. The van der Waals surface area contributed by atoms with Gasteiger partial charge >= 0.3 is 0 Å². The maximum absolute atomic E-state index is 9.79. The highest BCUT2D eigenvalue weighted by atomic mass is 16.3. The molecule has 0 spiro atoms. The molecule has 0 rings (SSSR count).